The van der Waals surface area contributed by atoms with Gasteiger partial charge in [0.25, 0.3) is 0 Å². The third kappa shape index (κ3) is 4.35. The third-order valence-electron chi connectivity index (χ3n) is 9.15. The van der Waals surface area contributed by atoms with Crippen LogP contribution in [0.2, 0.25) is 0 Å². The van der Waals surface area contributed by atoms with Gasteiger partial charge in [0, 0.05) is 28.7 Å². The van der Waals surface area contributed by atoms with E-state index in [2.05, 4.69) is 157 Å². The maximum absolute atomic E-state index is 5.43. The van der Waals surface area contributed by atoms with Gasteiger partial charge < -0.3 is 0 Å². The molecule has 0 spiro atoms. The number of fused-ring (bicyclic) bond motifs is 5. The van der Waals surface area contributed by atoms with E-state index in [4.69, 9.17) is 4.98 Å². The van der Waals surface area contributed by atoms with Crippen LogP contribution < -0.4 is 0 Å². The van der Waals surface area contributed by atoms with Gasteiger partial charge in [0.15, 0.2) is 0 Å². The van der Waals surface area contributed by atoms with E-state index < -0.39 is 0 Å². The Bertz CT molecular complexity index is 2560. The van der Waals surface area contributed by atoms with Gasteiger partial charge in [0.1, 0.15) is 0 Å². The van der Waals surface area contributed by atoms with Crippen LogP contribution in [0.15, 0.2) is 170 Å². The molecule has 0 bridgehead atoms. The molecule has 7 aromatic carbocycles. The molecule has 2 aromatic heterocycles. The van der Waals surface area contributed by atoms with Crippen molar-refractivity contribution >= 4 is 43.2 Å². The van der Waals surface area contributed by atoms with Crippen molar-refractivity contribution in [2.75, 3.05) is 0 Å². The second-order valence-electron chi connectivity index (χ2n) is 11.8. The van der Waals surface area contributed by atoms with E-state index in [-0.39, 0.29) is 0 Å². The molecule has 0 saturated carbocycles. The molecule has 0 fully saturated rings. The Morgan fingerprint density at radius 1 is 0.348 bits per heavy atom. The summed E-state index contributed by atoms with van der Waals surface area (Å²) >= 11 is 0. The standard InChI is InChI=1S/C44H28N2/c1-3-15-34-30(10-1)12-7-19-36(34)40-26-42-41(37-20-8-13-31-11-2-4-16-35(31)37)27-43(46-44(42)39-18-6-5-17-38(39)40)32-23-21-29(22-24-32)33-14-9-25-45-28-33/h1-28H. The van der Waals surface area contributed by atoms with Gasteiger partial charge >= 0.3 is 0 Å². The molecule has 0 amide bonds. The number of pyridine rings is 2. The molecule has 46 heavy (non-hydrogen) atoms. The molecule has 214 valence electrons. The summed E-state index contributed by atoms with van der Waals surface area (Å²) in [4.78, 5) is 9.74. The van der Waals surface area contributed by atoms with Crippen molar-refractivity contribution in [2.45, 2.75) is 0 Å². The Labute approximate surface area is 267 Å². The highest BCUT2D eigenvalue weighted by atomic mass is 14.7. The zero-order valence-corrected chi connectivity index (χ0v) is 25.1. The van der Waals surface area contributed by atoms with Crippen molar-refractivity contribution in [1.29, 1.82) is 0 Å². The predicted molar refractivity (Wildman–Crippen MR) is 194 cm³/mol. The Kier molecular flexibility index (Phi) is 6.17. The van der Waals surface area contributed by atoms with Crippen LogP contribution in [0.3, 0.4) is 0 Å². The maximum Gasteiger partial charge on any atom is 0.0794 e. The second kappa shape index (κ2) is 10.8. The molecule has 2 heteroatoms. The fourth-order valence-corrected chi connectivity index (χ4v) is 6.93. The lowest BCUT2D eigenvalue weighted by Gasteiger charge is -2.17. The summed E-state index contributed by atoms with van der Waals surface area (Å²) in [5, 5.41) is 8.44. The van der Waals surface area contributed by atoms with Gasteiger partial charge in [0.2, 0.25) is 0 Å². The van der Waals surface area contributed by atoms with E-state index in [1.807, 2.05) is 18.5 Å². The van der Waals surface area contributed by atoms with E-state index in [1.54, 1.807) is 0 Å². The zero-order valence-electron chi connectivity index (χ0n) is 25.1. The summed E-state index contributed by atoms with van der Waals surface area (Å²) in [6, 6.07) is 56.7. The van der Waals surface area contributed by atoms with Gasteiger partial charge in [0.05, 0.1) is 11.2 Å². The number of hydrogen-bond acceptors (Lipinski definition) is 2. The molecular weight excluding hydrogens is 556 g/mol. The van der Waals surface area contributed by atoms with E-state index >= 15 is 0 Å². The van der Waals surface area contributed by atoms with Crippen LogP contribution in [-0.4, -0.2) is 9.97 Å². The Balaban J connectivity index is 1.36. The fourth-order valence-electron chi connectivity index (χ4n) is 6.93. The Morgan fingerprint density at radius 2 is 0.913 bits per heavy atom. The first kappa shape index (κ1) is 26.3. The second-order valence-corrected chi connectivity index (χ2v) is 11.8. The maximum atomic E-state index is 5.43. The van der Waals surface area contributed by atoms with Crippen LogP contribution in [0, 0.1) is 0 Å². The molecule has 9 rings (SSSR count). The summed E-state index contributed by atoms with van der Waals surface area (Å²) in [5.41, 5.74) is 10.1. The van der Waals surface area contributed by atoms with Gasteiger partial charge in [-0.2, -0.15) is 0 Å². The molecule has 0 radical (unpaired) electrons. The topological polar surface area (TPSA) is 25.8 Å². The normalized spacial score (nSPS) is 11.5. The summed E-state index contributed by atoms with van der Waals surface area (Å²) in [7, 11) is 0. The SMILES string of the molecule is c1cncc(-c2ccc(-c3cc(-c4cccc5ccccc45)c4cc(-c5cccc6ccccc56)c5ccccc5c4n3)cc2)c1. The van der Waals surface area contributed by atoms with Gasteiger partial charge in [-0.25, -0.2) is 4.98 Å². The van der Waals surface area contributed by atoms with Crippen molar-refractivity contribution in [3.8, 4) is 44.6 Å². The number of rotatable bonds is 4. The van der Waals surface area contributed by atoms with Crippen LogP contribution in [0.1, 0.15) is 0 Å². The van der Waals surface area contributed by atoms with Gasteiger partial charge in [-0.1, -0.05) is 140 Å². The summed E-state index contributed by atoms with van der Waals surface area (Å²) < 4.78 is 0. The lowest BCUT2D eigenvalue weighted by molar-refractivity contribution is 1.33. The lowest BCUT2D eigenvalue weighted by Crippen LogP contribution is -1.94. The number of benzene rings is 7. The van der Waals surface area contributed by atoms with Crippen LogP contribution in [0.25, 0.3) is 87.9 Å². The van der Waals surface area contributed by atoms with E-state index in [0.717, 1.165) is 38.7 Å². The third-order valence-corrected chi connectivity index (χ3v) is 9.15. The summed E-state index contributed by atoms with van der Waals surface area (Å²) in [6.45, 7) is 0. The molecule has 0 unspecified atom stereocenters. The minimum atomic E-state index is 0.955. The van der Waals surface area contributed by atoms with Crippen LogP contribution in [0.5, 0.6) is 0 Å². The molecule has 0 saturated heterocycles. The predicted octanol–water partition coefficient (Wildman–Crippen LogP) is 11.8. The average Bonchev–Trinajstić information content (AvgIpc) is 3.14. The molecule has 0 atom stereocenters. The lowest BCUT2D eigenvalue weighted by atomic mass is 9.88. The number of hydrogen-bond donors (Lipinski definition) is 0. The molecule has 0 aliphatic carbocycles. The molecule has 9 aromatic rings. The minimum Gasteiger partial charge on any atom is -0.264 e. The van der Waals surface area contributed by atoms with E-state index in [1.165, 1.54) is 49.2 Å². The van der Waals surface area contributed by atoms with Crippen LogP contribution in [0.4, 0.5) is 0 Å². The molecule has 0 aliphatic heterocycles. The van der Waals surface area contributed by atoms with Crippen molar-refractivity contribution < 1.29 is 0 Å². The van der Waals surface area contributed by atoms with Crippen molar-refractivity contribution in [3.63, 3.8) is 0 Å². The quantitative estimate of drug-likeness (QED) is 0.192. The highest BCUT2D eigenvalue weighted by molar-refractivity contribution is 6.19. The zero-order chi connectivity index (χ0) is 30.5. The highest BCUT2D eigenvalue weighted by Gasteiger charge is 2.18. The summed E-state index contributed by atoms with van der Waals surface area (Å²) in [6.07, 6.45) is 3.71. The van der Waals surface area contributed by atoms with E-state index in [0.29, 0.717) is 0 Å². The first-order chi connectivity index (χ1) is 22.8. The largest absolute Gasteiger partial charge is 0.264 e. The van der Waals surface area contributed by atoms with E-state index in [9.17, 15) is 0 Å². The molecule has 0 aliphatic rings. The molecular formula is C44H28N2. The minimum absolute atomic E-state index is 0.955. The van der Waals surface area contributed by atoms with Gasteiger partial charge in [-0.15, -0.1) is 0 Å². The van der Waals surface area contributed by atoms with Gasteiger partial charge in [-0.05, 0) is 78.5 Å². The molecule has 0 N–H and O–H groups in total. The molecule has 2 nitrogen and oxygen atoms in total. The Hall–Kier alpha value is -6.12. The number of nitrogens with zero attached hydrogens (tertiary/aromatic N) is 2. The van der Waals surface area contributed by atoms with Crippen LogP contribution in [-0.2, 0) is 0 Å². The van der Waals surface area contributed by atoms with Gasteiger partial charge in [-0.3, -0.25) is 4.98 Å². The van der Waals surface area contributed by atoms with Crippen molar-refractivity contribution in [1.82, 2.24) is 9.97 Å². The fraction of sp³-hybridized carbons (Fsp3) is 0. The first-order valence-electron chi connectivity index (χ1n) is 15.7. The highest BCUT2D eigenvalue weighted by Crippen LogP contribution is 2.43. The molecule has 2 heterocycles. The van der Waals surface area contributed by atoms with Crippen molar-refractivity contribution in [3.05, 3.63) is 170 Å². The summed E-state index contributed by atoms with van der Waals surface area (Å²) in [5.74, 6) is 0. The Morgan fingerprint density at radius 3 is 1.57 bits per heavy atom. The smallest absolute Gasteiger partial charge is 0.0794 e. The first-order valence-corrected chi connectivity index (χ1v) is 15.7. The average molecular weight is 585 g/mol. The monoisotopic (exact) mass is 584 g/mol. The van der Waals surface area contributed by atoms with Crippen LogP contribution >= 0.6 is 0 Å². The number of aromatic nitrogens is 2. The van der Waals surface area contributed by atoms with Crippen molar-refractivity contribution in [2.24, 2.45) is 0 Å².